The lowest BCUT2D eigenvalue weighted by Crippen LogP contribution is -2.49. The quantitative estimate of drug-likeness (QED) is 0.472. The van der Waals surface area contributed by atoms with Gasteiger partial charge in [-0.15, -0.1) is 0 Å². The molecule has 0 bridgehead atoms. The molecule has 1 N–H and O–H groups in total. The molecule has 174 valence electrons. The fourth-order valence-corrected chi connectivity index (χ4v) is 4.65. The number of hydrogen-bond acceptors (Lipinski definition) is 5. The van der Waals surface area contributed by atoms with Gasteiger partial charge in [0.15, 0.2) is 5.65 Å². The number of aryl methyl sites for hydroxylation is 1. The van der Waals surface area contributed by atoms with Gasteiger partial charge < -0.3 is 14.7 Å². The summed E-state index contributed by atoms with van der Waals surface area (Å²) in [6.07, 6.45) is -0.111. The minimum absolute atomic E-state index is 0.111. The average Bonchev–Trinajstić information content (AvgIpc) is 3.22. The maximum atomic E-state index is 11.7. The minimum atomic E-state index is -0.888. The van der Waals surface area contributed by atoms with Crippen LogP contribution in [-0.4, -0.2) is 51.0 Å². The number of anilines is 1. The molecule has 0 aliphatic carbocycles. The number of nitrogens with zero attached hydrogens (tertiary/aromatic N) is 4. The highest BCUT2D eigenvalue weighted by atomic mass is 16.5. The van der Waals surface area contributed by atoms with E-state index in [1.54, 1.807) is 4.52 Å². The smallest absolute Gasteiger partial charge is 0.308 e. The molecule has 1 aliphatic rings. The van der Waals surface area contributed by atoms with E-state index in [0.717, 1.165) is 28.2 Å². The molecule has 7 heteroatoms. The van der Waals surface area contributed by atoms with E-state index in [-0.39, 0.29) is 12.0 Å². The molecule has 2 aromatic heterocycles. The van der Waals surface area contributed by atoms with Crippen molar-refractivity contribution in [1.29, 1.82) is 0 Å². The van der Waals surface area contributed by atoms with Gasteiger partial charge in [0.2, 0.25) is 0 Å². The van der Waals surface area contributed by atoms with E-state index in [9.17, 15) is 9.90 Å². The summed E-state index contributed by atoms with van der Waals surface area (Å²) in [6.45, 7) is 7.82. The van der Waals surface area contributed by atoms with Gasteiger partial charge in [0.1, 0.15) is 5.82 Å². The Labute approximate surface area is 198 Å². The van der Waals surface area contributed by atoms with Crippen LogP contribution < -0.4 is 4.90 Å². The standard InChI is InChI=1S/C27H28N4O3/c1-18-22(15-25(32)33)26(30-12-13-34-27(2,3)17-30)31-24(28-18)16-23(29-31)21-11-7-10-20(14-21)19-8-5-4-6-9-19/h4-11,14,16H,12-13,15,17H2,1-3H3,(H,32,33). The number of carbonyl (C=O) groups is 1. The van der Waals surface area contributed by atoms with E-state index in [1.807, 2.05) is 57.2 Å². The van der Waals surface area contributed by atoms with Crippen LogP contribution in [0.1, 0.15) is 25.1 Å². The Morgan fingerprint density at radius 1 is 1.06 bits per heavy atom. The van der Waals surface area contributed by atoms with Crippen molar-refractivity contribution in [1.82, 2.24) is 14.6 Å². The SMILES string of the molecule is Cc1nc2cc(-c3cccc(-c4ccccc4)c3)nn2c(N2CCOC(C)(C)C2)c1CC(=O)O. The Morgan fingerprint density at radius 2 is 1.79 bits per heavy atom. The van der Waals surface area contributed by atoms with E-state index >= 15 is 0 Å². The molecular weight excluding hydrogens is 428 g/mol. The zero-order valence-electron chi connectivity index (χ0n) is 19.7. The van der Waals surface area contributed by atoms with E-state index in [0.29, 0.717) is 36.6 Å². The molecular formula is C27H28N4O3. The number of morpholine rings is 1. The predicted molar refractivity (Wildman–Crippen MR) is 132 cm³/mol. The van der Waals surface area contributed by atoms with Gasteiger partial charge in [-0.2, -0.15) is 9.61 Å². The van der Waals surface area contributed by atoms with E-state index < -0.39 is 5.97 Å². The van der Waals surface area contributed by atoms with Gasteiger partial charge in [0.05, 0.1) is 24.3 Å². The summed E-state index contributed by atoms with van der Waals surface area (Å²) in [4.78, 5) is 18.6. The topological polar surface area (TPSA) is 80.0 Å². The van der Waals surface area contributed by atoms with Gasteiger partial charge in [-0.05, 0) is 38.0 Å². The third-order valence-electron chi connectivity index (χ3n) is 6.20. The number of aromatic nitrogens is 3. The van der Waals surface area contributed by atoms with Crippen LogP contribution >= 0.6 is 0 Å². The molecule has 0 spiro atoms. The molecule has 7 nitrogen and oxygen atoms in total. The van der Waals surface area contributed by atoms with Crippen molar-refractivity contribution in [3.63, 3.8) is 0 Å². The molecule has 1 fully saturated rings. The predicted octanol–water partition coefficient (Wildman–Crippen LogP) is 4.61. The van der Waals surface area contributed by atoms with Crippen molar-refractivity contribution < 1.29 is 14.6 Å². The van der Waals surface area contributed by atoms with Crippen LogP contribution in [0.5, 0.6) is 0 Å². The van der Waals surface area contributed by atoms with Crippen LogP contribution in [0.15, 0.2) is 60.7 Å². The van der Waals surface area contributed by atoms with Crippen molar-refractivity contribution in [2.24, 2.45) is 0 Å². The second-order valence-corrected chi connectivity index (χ2v) is 9.35. The van der Waals surface area contributed by atoms with Gasteiger partial charge in [-0.3, -0.25) is 4.79 Å². The molecule has 1 aliphatic heterocycles. The summed E-state index contributed by atoms with van der Waals surface area (Å²) in [5.41, 5.74) is 5.78. The normalized spacial score (nSPS) is 15.6. The van der Waals surface area contributed by atoms with Crippen molar-refractivity contribution in [3.05, 3.63) is 71.9 Å². The number of aliphatic carboxylic acids is 1. The molecule has 0 amide bonds. The minimum Gasteiger partial charge on any atom is -0.481 e. The largest absolute Gasteiger partial charge is 0.481 e. The third kappa shape index (κ3) is 4.26. The van der Waals surface area contributed by atoms with Crippen molar-refractivity contribution >= 4 is 17.4 Å². The van der Waals surface area contributed by atoms with E-state index in [1.165, 1.54) is 0 Å². The van der Waals surface area contributed by atoms with Crippen molar-refractivity contribution in [2.75, 3.05) is 24.6 Å². The average molecular weight is 457 g/mol. The summed E-state index contributed by atoms with van der Waals surface area (Å²) < 4.78 is 7.71. The molecule has 3 heterocycles. The molecule has 0 saturated carbocycles. The number of hydrogen-bond donors (Lipinski definition) is 1. The first-order valence-electron chi connectivity index (χ1n) is 11.5. The lowest BCUT2D eigenvalue weighted by atomic mass is 10.0. The highest BCUT2D eigenvalue weighted by Gasteiger charge is 2.31. The number of ether oxygens (including phenoxy) is 1. The van der Waals surface area contributed by atoms with Crippen LogP contribution in [0.3, 0.4) is 0 Å². The summed E-state index contributed by atoms with van der Waals surface area (Å²) in [6, 6.07) is 20.5. The second-order valence-electron chi connectivity index (χ2n) is 9.35. The Hall–Kier alpha value is -3.71. The summed E-state index contributed by atoms with van der Waals surface area (Å²) in [5.74, 6) is -0.104. The maximum Gasteiger partial charge on any atom is 0.308 e. The number of benzene rings is 2. The van der Waals surface area contributed by atoms with E-state index in [4.69, 9.17) is 14.8 Å². The molecule has 34 heavy (non-hydrogen) atoms. The molecule has 0 atom stereocenters. The number of carboxylic acid groups (broad SMARTS) is 1. The fraction of sp³-hybridized carbons (Fsp3) is 0.296. The van der Waals surface area contributed by atoms with Gasteiger partial charge in [0, 0.05) is 36.0 Å². The second kappa shape index (κ2) is 8.57. The van der Waals surface area contributed by atoms with Gasteiger partial charge in [0.25, 0.3) is 0 Å². The van der Waals surface area contributed by atoms with Gasteiger partial charge in [-0.1, -0.05) is 48.5 Å². The lowest BCUT2D eigenvalue weighted by molar-refractivity contribution is -0.136. The summed E-state index contributed by atoms with van der Waals surface area (Å²) in [5, 5.41) is 14.5. The zero-order chi connectivity index (χ0) is 23.9. The van der Waals surface area contributed by atoms with Crippen LogP contribution in [-0.2, 0) is 16.0 Å². The highest BCUT2D eigenvalue weighted by molar-refractivity contribution is 5.76. The molecule has 0 unspecified atom stereocenters. The molecule has 0 radical (unpaired) electrons. The first-order chi connectivity index (χ1) is 16.3. The first kappa shape index (κ1) is 22.1. The van der Waals surface area contributed by atoms with Crippen molar-refractivity contribution in [2.45, 2.75) is 32.8 Å². The van der Waals surface area contributed by atoms with Crippen LogP contribution in [0, 0.1) is 6.92 Å². The van der Waals surface area contributed by atoms with E-state index in [2.05, 4.69) is 29.2 Å². The Kier molecular flexibility index (Phi) is 5.57. The van der Waals surface area contributed by atoms with Crippen LogP contribution in [0.2, 0.25) is 0 Å². The molecule has 5 rings (SSSR count). The number of carboxylic acids is 1. The Bertz CT molecular complexity index is 1360. The molecule has 1 saturated heterocycles. The Morgan fingerprint density at radius 3 is 2.53 bits per heavy atom. The molecule has 2 aromatic carbocycles. The highest BCUT2D eigenvalue weighted by Crippen LogP contribution is 2.32. The van der Waals surface area contributed by atoms with Crippen molar-refractivity contribution in [3.8, 4) is 22.4 Å². The summed E-state index contributed by atoms with van der Waals surface area (Å²) in [7, 11) is 0. The number of fused-ring (bicyclic) bond motifs is 1. The number of rotatable bonds is 5. The zero-order valence-corrected chi connectivity index (χ0v) is 19.7. The monoisotopic (exact) mass is 456 g/mol. The van der Waals surface area contributed by atoms with Crippen LogP contribution in [0.25, 0.3) is 28.0 Å². The van der Waals surface area contributed by atoms with Gasteiger partial charge >= 0.3 is 5.97 Å². The molecule has 4 aromatic rings. The maximum absolute atomic E-state index is 11.7. The lowest BCUT2D eigenvalue weighted by Gasteiger charge is -2.40. The van der Waals surface area contributed by atoms with Gasteiger partial charge in [-0.25, -0.2) is 4.98 Å². The van der Waals surface area contributed by atoms with Crippen LogP contribution in [0.4, 0.5) is 5.82 Å². The Balaban J connectivity index is 1.65. The third-order valence-corrected chi connectivity index (χ3v) is 6.20. The fourth-order valence-electron chi connectivity index (χ4n) is 4.65. The first-order valence-corrected chi connectivity index (χ1v) is 11.5. The summed E-state index contributed by atoms with van der Waals surface area (Å²) >= 11 is 0.